The van der Waals surface area contributed by atoms with Gasteiger partial charge in [0, 0.05) is 23.7 Å². The summed E-state index contributed by atoms with van der Waals surface area (Å²) >= 11 is 0. The number of benzene rings is 2. The number of aromatic hydroxyl groups is 2. The number of anilines is 1. The standard InChI is InChI=1S/C19H19N3O3/c1-2-3-19(25)21-13-4-6-14(7-5-13)22-17(10-11-20-22)16-9-8-15(23)12-18(16)24/h4-12,23-24H,2-3H2,1H3,(H,21,25). The van der Waals surface area contributed by atoms with Gasteiger partial charge >= 0.3 is 0 Å². The molecular weight excluding hydrogens is 318 g/mol. The highest BCUT2D eigenvalue weighted by molar-refractivity contribution is 5.90. The van der Waals surface area contributed by atoms with Crippen molar-refractivity contribution in [1.82, 2.24) is 9.78 Å². The summed E-state index contributed by atoms with van der Waals surface area (Å²) < 4.78 is 1.68. The lowest BCUT2D eigenvalue weighted by Gasteiger charge is -2.10. The lowest BCUT2D eigenvalue weighted by Crippen LogP contribution is -2.10. The van der Waals surface area contributed by atoms with E-state index in [4.69, 9.17) is 0 Å². The Kier molecular flexibility index (Phi) is 4.70. The van der Waals surface area contributed by atoms with E-state index in [-0.39, 0.29) is 17.4 Å². The molecule has 0 unspecified atom stereocenters. The van der Waals surface area contributed by atoms with Gasteiger partial charge in [-0.2, -0.15) is 5.10 Å². The summed E-state index contributed by atoms with van der Waals surface area (Å²) in [7, 11) is 0. The van der Waals surface area contributed by atoms with Gasteiger partial charge in [-0.3, -0.25) is 4.79 Å². The molecule has 0 saturated carbocycles. The Morgan fingerprint density at radius 2 is 1.88 bits per heavy atom. The second-order valence-corrected chi connectivity index (χ2v) is 5.67. The molecule has 128 valence electrons. The maximum atomic E-state index is 11.7. The van der Waals surface area contributed by atoms with Crippen molar-refractivity contribution in [3.8, 4) is 28.4 Å². The van der Waals surface area contributed by atoms with Gasteiger partial charge < -0.3 is 15.5 Å². The third-order valence-corrected chi connectivity index (χ3v) is 3.77. The molecule has 2 aromatic carbocycles. The number of hydrogen-bond acceptors (Lipinski definition) is 4. The van der Waals surface area contributed by atoms with E-state index < -0.39 is 0 Å². The summed E-state index contributed by atoms with van der Waals surface area (Å²) in [5.74, 6) is -0.0336. The van der Waals surface area contributed by atoms with E-state index in [1.54, 1.807) is 23.0 Å². The normalized spacial score (nSPS) is 10.6. The monoisotopic (exact) mass is 337 g/mol. The number of carbonyl (C=O) groups is 1. The molecule has 1 amide bonds. The van der Waals surface area contributed by atoms with Gasteiger partial charge in [-0.15, -0.1) is 0 Å². The molecule has 0 atom stereocenters. The fraction of sp³-hybridized carbons (Fsp3) is 0.158. The molecule has 0 aliphatic rings. The lowest BCUT2D eigenvalue weighted by atomic mass is 10.1. The Hall–Kier alpha value is -3.28. The molecule has 1 heterocycles. The van der Waals surface area contributed by atoms with Crippen molar-refractivity contribution in [1.29, 1.82) is 0 Å². The second-order valence-electron chi connectivity index (χ2n) is 5.67. The molecule has 3 N–H and O–H groups in total. The minimum atomic E-state index is -0.0230. The number of aromatic nitrogens is 2. The zero-order chi connectivity index (χ0) is 17.8. The van der Waals surface area contributed by atoms with Crippen molar-refractivity contribution in [3.63, 3.8) is 0 Å². The first-order chi connectivity index (χ1) is 12.1. The van der Waals surface area contributed by atoms with Crippen molar-refractivity contribution < 1.29 is 15.0 Å². The van der Waals surface area contributed by atoms with Crippen molar-refractivity contribution in [2.75, 3.05) is 5.32 Å². The zero-order valence-corrected chi connectivity index (χ0v) is 13.8. The van der Waals surface area contributed by atoms with Gasteiger partial charge in [0.2, 0.25) is 5.91 Å². The van der Waals surface area contributed by atoms with Crippen LogP contribution in [-0.2, 0) is 4.79 Å². The quantitative estimate of drug-likeness (QED) is 0.662. The molecule has 0 saturated heterocycles. The highest BCUT2D eigenvalue weighted by Crippen LogP contribution is 2.33. The Morgan fingerprint density at radius 3 is 2.56 bits per heavy atom. The third-order valence-electron chi connectivity index (χ3n) is 3.77. The summed E-state index contributed by atoms with van der Waals surface area (Å²) in [6.07, 6.45) is 2.93. The number of carbonyl (C=O) groups excluding carboxylic acids is 1. The molecule has 3 aromatic rings. The smallest absolute Gasteiger partial charge is 0.224 e. The number of rotatable bonds is 5. The summed E-state index contributed by atoms with van der Waals surface area (Å²) in [6.45, 7) is 1.96. The second kappa shape index (κ2) is 7.09. The predicted octanol–water partition coefficient (Wildman–Crippen LogP) is 3.69. The molecule has 25 heavy (non-hydrogen) atoms. The van der Waals surface area contributed by atoms with Gasteiger partial charge in [0.25, 0.3) is 0 Å². The van der Waals surface area contributed by atoms with E-state index in [1.165, 1.54) is 12.1 Å². The van der Waals surface area contributed by atoms with Crippen LogP contribution in [0.15, 0.2) is 54.7 Å². The molecule has 0 radical (unpaired) electrons. The van der Waals surface area contributed by atoms with Gasteiger partial charge in [-0.25, -0.2) is 4.68 Å². The van der Waals surface area contributed by atoms with E-state index in [1.807, 2.05) is 31.2 Å². The van der Waals surface area contributed by atoms with E-state index in [2.05, 4.69) is 10.4 Å². The van der Waals surface area contributed by atoms with Crippen LogP contribution in [0.4, 0.5) is 5.69 Å². The predicted molar refractivity (Wildman–Crippen MR) is 95.9 cm³/mol. The van der Waals surface area contributed by atoms with Crippen molar-refractivity contribution in [2.24, 2.45) is 0 Å². The Balaban J connectivity index is 1.88. The maximum absolute atomic E-state index is 11.7. The fourth-order valence-electron chi connectivity index (χ4n) is 2.59. The lowest BCUT2D eigenvalue weighted by molar-refractivity contribution is -0.116. The largest absolute Gasteiger partial charge is 0.508 e. The molecule has 1 aromatic heterocycles. The third kappa shape index (κ3) is 3.63. The number of nitrogens with one attached hydrogen (secondary N) is 1. The van der Waals surface area contributed by atoms with Crippen LogP contribution in [0.3, 0.4) is 0 Å². The average Bonchev–Trinajstić information content (AvgIpc) is 3.05. The number of nitrogens with zero attached hydrogens (tertiary/aromatic N) is 2. The van der Waals surface area contributed by atoms with Crippen LogP contribution in [0.2, 0.25) is 0 Å². The van der Waals surface area contributed by atoms with E-state index >= 15 is 0 Å². The van der Waals surface area contributed by atoms with Gasteiger partial charge in [0.15, 0.2) is 0 Å². The Bertz CT molecular complexity index is 885. The molecule has 0 aliphatic heterocycles. The molecule has 6 heteroatoms. The minimum absolute atomic E-state index is 0.000473. The SMILES string of the molecule is CCCC(=O)Nc1ccc(-n2nccc2-c2ccc(O)cc2O)cc1. The van der Waals surface area contributed by atoms with Crippen LogP contribution in [0, 0.1) is 0 Å². The Morgan fingerprint density at radius 1 is 1.12 bits per heavy atom. The first kappa shape index (κ1) is 16.6. The van der Waals surface area contributed by atoms with Crippen molar-refractivity contribution >= 4 is 11.6 Å². The molecule has 0 fully saturated rings. The highest BCUT2D eigenvalue weighted by atomic mass is 16.3. The summed E-state index contributed by atoms with van der Waals surface area (Å²) in [4.78, 5) is 11.7. The van der Waals surface area contributed by atoms with Gasteiger partial charge in [0.1, 0.15) is 11.5 Å². The van der Waals surface area contributed by atoms with Crippen LogP contribution in [0.25, 0.3) is 16.9 Å². The minimum Gasteiger partial charge on any atom is -0.508 e. The van der Waals surface area contributed by atoms with Crippen molar-refractivity contribution in [2.45, 2.75) is 19.8 Å². The number of phenolic OH excluding ortho intramolecular Hbond substituents is 2. The molecule has 0 aliphatic carbocycles. The van der Waals surface area contributed by atoms with Crippen LogP contribution >= 0.6 is 0 Å². The van der Waals surface area contributed by atoms with Crippen LogP contribution in [-0.4, -0.2) is 25.9 Å². The fourth-order valence-corrected chi connectivity index (χ4v) is 2.59. The highest BCUT2D eigenvalue weighted by Gasteiger charge is 2.12. The summed E-state index contributed by atoms with van der Waals surface area (Å²) in [5.41, 5.74) is 2.78. The van der Waals surface area contributed by atoms with E-state index in [0.717, 1.165) is 17.8 Å². The van der Waals surface area contributed by atoms with Crippen LogP contribution in [0.5, 0.6) is 11.5 Å². The first-order valence-corrected chi connectivity index (χ1v) is 8.05. The number of phenols is 2. The average molecular weight is 337 g/mol. The number of amides is 1. The molecular formula is C19H19N3O3. The summed E-state index contributed by atoms with van der Waals surface area (Å²) in [6, 6.07) is 13.5. The topological polar surface area (TPSA) is 87.4 Å². The van der Waals surface area contributed by atoms with Crippen LogP contribution < -0.4 is 5.32 Å². The summed E-state index contributed by atoms with van der Waals surface area (Å²) in [5, 5.41) is 26.7. The van der Waals surface area contributed by atoms with Gasteiger partial charge in [-0.05, 0) is 48.9 Å². The molecule has 0 spiro atoms. The van der Waals surface area contributed by atoms with Crippen LogP contribution in [0.1, 0.15) is 19.8 Å². The van der Waals surface area contributed by atoms with Gasteiger partial charge in [-0.1, -0.05) is 6.92 Å². The Labute approximate surface area is 145 Å². The van der Waals surface area contributed by atoms with E-state index in [9.17, 15) is 15.0 Å². The maximum Gasteiger partial charge on any atom is 0.224 e. The zero-order valence-electron chi connectivity index (χ0n) is 13.8. The molecule has 6 nitrogen and oxygen atoms in total. The molecule has 0 bridgehead atoms. The first-order valence-electron chi connectivity index (χ1n) is 8.05. The van der Waals surface area contributed by atoms with E-state index in [0.29, 0.717) is 17.7 Å². The van der Waals surface area contributed by atoms with Gasteiger partial charge in [0.05, 0.1) is 17.6 Å². The number of hydrogen-bond donors (Lipinski definition) is 3. The molecule has 3 rings (SSSR count). The van der Waals surface area contributed by atoms with Crippen molar-refractivity contribution in [3.05, 3.63) is 54.7 Å².